The number of para-hydroxylation sites is 1. The van der Waals surface area contributed by atoms with Crippen LogP contribution in [0.3, 0.4) is 0 Å². The van der Waals surface area contributed by atoms with Gasteiger partial charge in [-0.25, -0.2) is 8.42 Å². The van der Waals surface area contributed by atoms with Crippen molar-refractivity contribution >= 4 is 33.2 Å². The molecule has 8 nitrogen and oxygen atoms in total. The van der Waals surface area contributed by atoms with Crippen LogP contribution in [-0.4, -0.2) is 46.2 Å². The minimum atomic E-state index is -3.74. The van der Waals surface area contributed by atoms with Crippen molar-refractivity contribution in [2.75, 3.05) is 29.5 Å². The molecule has 172 valence electrons. The number of anilines is 2. The van der Waals surface area contributed by atoms with Crippen LogP contribution in [0.2, 0.25) is 0 Å². The quantitative estimate of drug-likeness (QED) is 0.631. The smallest absolute Gasteiger partial charge is 0.253 e. The zero-order valence-electron chi connectivity index (χ0n) is 18.3. The second kappa shape index (κ2) is 10.5. The molecule has 1 fully saturated rings. The Balaban J connectivity index is 1.75. The van der Waals surface area contributed by atoms with E-state index < -0.39 is 22.5 Å². The van der Waals surface area contributed by atoms with E-state index in [1.165, 1.54) is 13.5 Å². The zero-order valence-corrected chi connectivity index (χ0v) is 19.2. The van der Waals surface area contributed by atoms with Gasteiger partial charge in [0, 0.05) is 12.1 Å². The molecule has 2 N–H and O–H groups in total. The standard InChI is InChI=1S/C23H29N3O5S/c1-31-19-12-8-11-18(15-19)26(32(2,29)30)16-22(27)25-21-14-7-6-13-20(21)23(28)24-17-9-4-3-5-10-17/h6-8,11-15,17H,3-5,9-10,16H2,1-2H3,(H,24,28)(H,25,27). The molecule has 1 aliphatic carbocycles. The predicted octanol–water partition coefficient (Wildman–Crippen LogP) is 3.16. The number of nitrogens with one attached hydrogen (secondary N) is 2. The number of sulfonamides is 1. The molecule has 0 atom stereocenters. The van der Waals surface area contributed by atoms with Gasteiger partial charge in [-0.3, -0.25) is 13.9 Å². The van der Waals surface area contributed by atoms with E-state index in [1.54, 1.807) is 48.5 Å². The number of amides is 2. The monoisotopic (exact) mass is 459 g/mol. The van der Waals surface area contributed by atoms with Crippen LogP contribution in [-0.2, 0) is 14.8 Å². The van der Waals surface area contributed by atoms with E-state index in [2.05, 4.69) is 10.6 Å². The van der Waals surface area contributed by atoms with E-state index >= 15 is 0 Å². The van der Waals surface area contributed by atoms with Crippen LogP contribution in [0.5, 0.6) is 5.75 Å². The molecule has 9 heteroatoms. The summed E-state index contributed by atoms with van der Waals surface area (Å²) >= 11 is 0. The first-order valence-electron chi connectivity index (χ1n) is 10.6. The summed E-state index contributed by atoms with van der Waals surface area (Å²) in [7, 11) is -2.26. The van der Waals surface area contributed by atoms with Gasteiger partial charge in [0.2, 0.25) is 15.9 Å². The van der Waals surface area contributed by atoms with E-state index in [0.29, 0.717) is 22.7 Å². The molecule has 1 saturated carbocycles. The molecule has 0 unspecified atom stereocenters. The minimum absolute atomic E-state index is 0.133. The highest BCUT2D eigenvalue weighted by molar-refractivity contribution is 7.92. The maximum absolute atomic E-state index is 12.8. The van der Waals surface area contributed by atoms with E-state index in [1.807, 2.05) is 0 Å². The number of carbonyl (C=O) groups excluding carboxylic acids is 2. The fourth-order valence-corrected chi connectivity index (χ4v) is 4.63. The second-order valence-corrected chi connectivity index (χ2v) is 9.78. The fraction of sp³-hybridized carbons (Fsp3) is 0.391. The van der Waals surface area contributed by atoms with Gasteiger partial charge in [0.15, 0.2) is 0 Å². The van der Waals surface area contributed by atoms with Crippen LogP contribution < -0.4 is 19.7 Å². The SMILES string of the molecule is COc1cccc(N(CC(=O)Nc2ccccc2C(=O)NC2CCCCC2)S(C)(=O)=O)c1. The summed E-state index contributed by atoms with van der Waals surface area (Å²) in [5, 5.41) is 5.73. The molecule has 0 radical (unpaired) electrons. The third-order valence-corrected chi connectivity index (χ3v) is 6.56. The number of carbonyl (C=O) groups is 2. The largest absolute Gasteiger partial charge is 0.497 e. The predicted molar refractivity (Wildman–Crippen MR) is 125 cm³/mol. The van der Waals surface area contributed by atoms with Crippen molar-refractivity contribution in [3.63, 3.8) is 0 Å². The highest BCUT2D eigenvalue weighted by Gasteiger charge is 2.23. The molecule has 32 heavy (non-hydrogen) atoms. The maximum Gasteiger partial charge on any atom is 0.253 e. The van der Waals surface area contributed by atoms with Gasteiger partial charge in [0.25, 0.3) is 5.91 Å². The zero-order chi connectivity index (χ0) is 23.1. The van der Waals surface area contributed by atoms with Crippen molar-refractivity contribution in [3.8, 4) is 5.75 Å². The van der Waals surface area contributed by atoms with Gasteiger partial charge in [-0.2, -0.15) is 0 Å². The second-order valence-electron chi connectivity index (χ2n) is 7.87. The summed E-state index contributed by atoms with van der Waals surface area (Å²) in [4.78, 5) is 25.6. The molecule has 2 aromatic carbocycles. The van der Waals surface area contributed by atoms with Gasteiger partial charge in [-0.15, -0.1) is 0 Å². The van der Waals surface area contributed by atoms with Gasteiger partial charge < -0.3 is 15.4 Å². The molecule has 2 aromatic rings. The lowest BCUT2D eigenvalue weighted by atomic mass is 9.95. The molecule has 3 rings (SSSR count). The van der Waals surface area contributed by atoms with Gasteiger partial charge in [-0.1, -0.05) is 37.5 Å². The van der Waals surface area contributed by atoms with Crippen LogP contribution in [0.1, 0.15) is 42.5 Å². The number of nitrogens with zero attached hydrogens (tertiary/aromatic N) is 1. The Bertz CT molecular complexity index is 1060. The van der Waals surface area contributed by atoms with Crippen molar-refractivity contribution in [1.29, 1.82) is 0 Å². The summed E-state index contributed by atoms with van der Waals surface area (Å²) in [5.41, 5.74) is 0.994. The van der Waals surface area contributed by atoms with Crippen LogP contribution in [0.4, 0.5) is 11.4 Å². The number of hydrogen-bond donors (Lipinski definition) is 2. The average molecular weight is 460 g/mol. The normalized spacial score (nSPS) is 14.4. The van der Waals surface area contributed by atoms with E-state index in [4.69, 9.17) is 4.74 Å². The van der Waals surface area contributed by atoms with Crippen molar-refractivity contribution in [3.05, 3.63) is 54.1 Å². The Hall–Kier alpha value is -3.07. The lowest BCUT2D eigenvalue weighted by Crippen LogP contribution is -2.38. The number of hydrogen-bond acceptors (Lipinski definition) is 5. The summed E-state index contributed by atoms with van der Waals surface area (Å²) in [6.07, 6.45) is 6.30. The molecule has 0 saturated heterocycles. The number of ether oxygens (including phenoxy) is 1. The first kappa shape index (κ1) is 23.6. The van der Waals surface area contributed by atoms with Gasteiger partial charge in [0.05, 0.1) is 30.3 Å². The highest BCUT2D eigenvalue weighted by atomic mass is 32.2. The van der Waals surface area contributed by atoms with Gasteiger partial charge in [-0.05, 0) is 37.1 Å². The molecule has 2 amide bonds. The van der Waals surface area contributed by atoms with Crippen LogP contribution in [0, 0.1) is 0 Å². The maximum atomic E-state index is 12.8. The van der Waals surface area contributed by atoms with Crippen molar-refractivity contribution in [2.45, 2.75) is 38.1 Å². The summed E-state index contributed by atoms with van der Waals surface area (Å²) in [6, 6.07) is 13.3. The van der Waals surface area contributed by atoms with E-state index in [9.17, 15) is 18.0 Å². The van der Waals surface area contributed by atoms with Crippen LogP contribution >= 0.6 is 0 Å². The Morgan fingerprint density at radius 3 is 2.47 bits per heavy atom. The highest BCUT2D eigenvalue weighted by Crippen LogP contribution is 2.24. The molecule has 1 aliphatic rings. The summed E-state index contributed by atoms with van der Waals surface area (Å²) in [6.45, 7) is -0.440. The first-order chi connectivity index (χ1) is 15.3. The number of methoxy groups -OCH3 is 1. The number of rotatable bonds is 8. The first-order valence-corrected chi connectivity index (χ1v) is 12.4. The molecule has 0 heterocycles. The van der Waals surface area contributed by atoms with Gasteiger partial charge >= 0.3 is 0 Å². The lowest BCUT2D eigenvalue weighted by molar-refractivity contribution is -0.114. The number of benzene rings is 2. The van der Waals surface area contributed by atoms with E-state index in [-0.39, 0.29) is 11.9 Å². The fourth-order valence-electron chi connectivity index (χ4n) is 3.79. The Kier molecular flexibility index (Phi) is 7.74. The van der Waals surface area contributed by atoms with Gasteiger partial charge in [0.1, 0.15) is 12.3 Å². The summed E-state index contributed by atoms with van der Waals surface area (Å²) in [5.74, 6) is -0.335. The van der Waals surface area contributed by atoms with Crippen LogP contribution in [0.25, 0.3) is 0 Å². The third-order valence-electron chi connectivity index (χ3n) is 5.42. The Labute approximate surface area is 189 Å². The molecular weight excluding hydrogens is 430 g/mol. The molecule has 0 spiro atoms. The molecule has 0 bridgehead atoms. The van der Waals surface area contributed by atoms with Crippen molar-refractivity contribution in [2.24, 2.45) is 0 Å². The lowest BCUT2D eigenvalue weighted by Gasteiger charge is -2.24. The Morgan fingerprint density at radius 2 is 1.78 bits per heavy atom. The minimum Gasteiger partial charge on any atom is -0.497 e. The van der Waals surface area contributed by atoms with E-state index in [0.717, 1.165) is 36.2 Å². The van der Waals surface area contributed by atoms with Crippen molar-refractivity contribution in [1.82, 2.24) is 5.32 Å². The summed E-state index contributed by atoms with van der Waals surface area (Å²) < 4.78 is 30.9. The molecular formula is C23H29N3O5S. The topological polar surface area (TPSA) is 105 Å². The molecule has 0 aromatic heterocycles. The molecule has 0 aliphatic heterocycles. The van der Waals surface area contributed by atoms with Crippen molar-refractivity contribution < 1.29 is 22.7 Å². The van der Waals surface area contributed by atoms with Crippen LogP contribution in [0.15, 0.2) is 48.5 Å². The third kappa shape index (κ3) is 6.23. The average Bonchev–Trinajstić information content (AvgIpc) is 2.77. The Morgan fingerprint density at radius 1 is 1.06 bits per heavy atom.